The maximum atomic E-state index is 15.0. The Morgan fingerprint density at radius 3 is 1.59 bits per heavy atom. The molecule has 4 aromatic carbocycles. The van der Waals surface area contributed by atoms with Crippen molar-refractivity contribution in [1.29, 1.82) is 0 Å². The normalized spacial score (nSPS) is 22.0. The van der Waals surface area contributed by atoms with Gasteiger partial charge in [-0.15, -0.1) is 0 Å². The van der Waals surface area contributed by atoms with Gasteiger partial charge in [-0.25, -0.2) is 0 Å². The lowest BCUT2D eigenvalue weighted by Gasteiger charge is -2.31. The third kappa shape index (κ3) is 15.4. The van der Waals surface area contributed by atoms with E-state index in [1.165, 1.54) is 4.90 Å². The second kappa shape index (κ2) is 25.2. The molecule has 2 fully saturated rings. The third-order valence-electron chi connectivity index (χ3n) is 12.5. The molecule has 7 amide bonds. The van der Waals surface area contributed by atoms with Crippen LogP contribution in [-0.2, 0) is 46.4 Å². The Bertz CT molecular complexity index is 2630. The Kier molecular flexibility index (Phi) is 18.7. The van der Waals surface area contributed by atoms with Gasteiger partial charge in [-0.2, -0.15) is 0 Å². The van der Waals surface area contributed by atoms with E-state index < -0.39 is 84.1 Å². The van der Waals surface area contributed by atoms with Crippen molar-refractivity contribution >= 4 is 74.8 Å². The van der Waals surface area contributed by atoms with Crippen LogP contribution in [0.3, 0.4) is 0 Å². The molecule has 0 aliphatic carbocycles. The van der Waals surface area contributed by atoms with Crippen molar-refractivity contribution in [2.24, 2.45) is 38.8 Å². The summed E-state index contributed by atoms with van der Waals surface area (Å²) in [5.74, 6) is -5.05. The fraction of sp³-hybridized carbons (Fsp3) is 0.431. The molecule has 2 heterocycles. The number of nitrogens with one attached hydrogen (secondary N) is 6. The number of carbonyl (C=O) groups is 7. The highest BCUT2D eigenvalue weighted by Crippen LogP contribution is 2.23. The molecule has 2 saturated heterocycles. The molecule has 20 nitrogen and oxygen atoms in total. The van der Waals surface area contributed by atoms with Crippen molar-refractivity contribution in [2.75, 3.05) is 26.2 Å². The van der Waals surface area contributed by atoms with E-state index in [-0.39, 0.29) is 88.8 Å². The standard InChI is InChI=1S/C51H67N13O7/c1-30(2)24-39-47(69)60-37(14-7-21-56-50(52)53)46(68)63-41(28-32-18-20-34-11-4-6-13-36(34)26-32)49(71)64-23-9-16-42(64)48(70)61-38(15-8-22-57-51(54)55)45(67)62-40(44(66)58-29-43(65)59-39)27-31-17-19-33-10-3-5-12-35(33)25-31/h3-6,10-13,17-20,25-26,30,37-42H,7-9,14-16,21-24,27-29H2,1-2H3,(H,58,66)(H,59,65)(H,60,69)(H,61,70)(H,62,67)(H,63,68)(H4,52,53,56)(H4,54,55,57)/t37-,38-,39-,40-,41-,42-/m0/s1. The van der Waals surface area contributed by atoms with Crippen LogP contribution in [0.15, 0.2) is 94.9 Å². The number of carbonyl (C=O) groups excluding carboxylic acids is 7. The molecule has 0 unspecified atom stereocenters. The van der Waals surface area contributed by atoms with E-state index in [0.29, 0.717) is 12.0 Å². The van der Waals surface area contributed by atoms with Crippen LogP contribution in [0.4, 0.5) is 0 Å². The molecule has 0 radical (unpaired) electrons. The smallest absolute Gasteiger partial charge is 0.246 e. The average Bonchev–Trinajstić information content (AvgIpc) is 3.84. The summed E-state index contributed by atoms with van der Waals surface area (Å²) in [6, 6.07) is 19.6. The molecule has 6 atom stereocenters. The van der Waals surface area contributed by atoms with Gasteiger partial charge in [0, 0.05) is 32.5 Å². The molecule has 71 heavy (non-hydrogen) atoms. The Balaban J connectivity index is 1.38. The van der Waals surface area contributed by atoms with Crippen LogP contribution < -0.4 is 54.8 Å². The number of rotatable bonds is 14. The minimum absolute atomic E-state index is 0.00613. The average molecular weight is 974 g/mol. The van der Waals surface area contributed by atoms with Gasteiger partial charge in [-0.1, -0.05) is 98.8 Å². The predicted octanol–water partition coefficient (Wildman–Crippen LogP) is 0.476. The van der Waals surface area contributed by atoms with Crippen LogP contribution in [0.25, 0.3) is 21.5 Å². The zero-order valence-corrected chi connectivity index (χ0v) is 40.3. The highest BCUT2D eigenvalue weighted by molar-refractivity contribution is 5.98. The lowest BCUT2D eigenvalue weighted by atomic mass is 9.99. The van der Waals surface area contributed by atoms with Crippen LogP contribution in [-0.4, -0.2) is 121 Å². The van der Waals surface area contributed by atoms with E-state index in [4.69, 9.17) is 22.9 Å². The van der Waals surface area contributed by atoms with Crippen molar-refractivity contribution in [3.63, 3.8) is 0 Å². The Morgan fingerprint density at radius 2 is 1.06 bits per heavy atom. The zero-order valence-electron chi connectivity index (χ0n) is 40.3. The van der Waals surface area contributed by atoms with Crippen molar-refractivity contribution in [2.45, 2.75) is 108 Å². The summed E-state index contributed by atoms with van der Waals surface area (Å²) in [6.07, 6.45) is 1.49. The fourth-order valence-corrected chi connectivity index (χ4v) is 8.98. The van der Waals surface area contributed by atoms with Gasteiger partial charge in [0.2, 0.25) is 41.4 Å². The maximum absolute atomic E-state index is 15.0. The van der Waals surface area contributed by atoms with Gasteiger partial charge in [0.15, 0.2) is 11.9 Å². The summed E-state index contributed by atoms with van der Waals surface area (Å²) in [4.78, 5) is 110. The van der Waals surface area contributed by atoms with Crippen LogP contribution in [0.5, 0.6) is 0 Å². The van der Waals surface area contributed by atoms with E-state index in [9.17, 15) is 33.6 Å². The molecular weight excluding hydrogens is 907 g/mol. The van der Waals surface area contributed by atoms with Crippen LogP contribution in [0.1, 0.15) is 69.9 Å². The van der Waals surface area contributed by atoms with Crippen LogP contribution in [0, 0.1) is 5.92 Å². The van der Waals surface area contributed by atoms with Crippen molar-refractivity contribution in [1.82, 2.24) is 36.8 Å². The monoisotopic (exact) mass is 974 g/mol. The van der Waals surface area contributed by atoms with E-state index in [1.54, 1.807) is 0 Å². The van der Waals surface area contributed by atoms with E-state index >= 15 is 0 Å². The number of nitrogens with two attached hydrogens (primary N) is 4. The van der Waals surface area contributed by atoms with Gasteiger partial charge in [0.1, 0.15) is 36.3 Å². The summed E-state index contributed by atoms with van der Waals surface area (Å²) in [5, 5.41) is 20.5. The van der Waals surface area contributed by atoms with Crippen molar-refractivity contribution < 1.29 is 33.6 Å². The topological polar surface area (TPSA) is 324 Å². The highest BCUT2D eigenvalue weighted by Gasteiger charge is 2.40. The molecule has 0 bridgehead atoms. The molecule has 14 N–H and O–H groups in total. The molecule has 6 rings (SSSR count). The van der Waals surface area contributed by atoms with Gasteiger partial charge in [0.05, 0.1) is 6.54 Å². The molecule has 2 aliphatic heterocycles. The lowest BCUT2D eigenvalue weighted by Crippen LogP contribution is -2.59. The first-order valence-electron chi connectivity index (χ1n) is 24.2. The minimum Gasteiger partial charge on any atom is -0.370 e. The fourth-order valence-electron chi connectivity index (χ4n) is 8.98. The van der Waals surface area contributed by atoms with E-state index in [2.05, 4.69) is 41.9 Å². The van der Waals surface area contributed by atoms with E-state index in [1.807, 2.05) is 98.8 Å². The third-order valence-corrected chi connectivity index (χ3v) is 12.5. The maximum Gasteiger partial charge on any atom is 0.246 e. The number of fused-ring (bicyclic) bond motifs is 3. The quantitative estimate of drug-likeness (QED) is 0.0471. The number of aliphatic imine (C=N–C) groups is 2. The summed E-state index contributed by atoms with van der Waals surface area (Å²) in [6.45, 7) is 3.60. The van der Waals surface area contributed by atoms with Gasteiger partial charge in [-0.05, 0) is 83.5 Å². The summed E-state index contributed by atoms with van der Waals surface area (Å²) >= 11 is 0. The SMILES string of the molecule is CC(C)C[C@@H]1NC(=O)CNC(=O)[C@H](Cc2ccc3ccccc3c2)NC(=O)[C@H](CCCN=C(N)N)NC(=O)[C@@H]2CCCN2C(=O)[C@H](Cc2ccc3ccccc3c2)NC(=O)[C@H](CCCN=C(N)N)NC1=O. The summed E-state index contributed by atoms with van der Waals surface area (Å²) in [5.41, 5.74) is 23.7. The predicted molar refractivity (Wildman–Crippen MR) is 272 cm³/mol. The highest BCUT2D eigenvalue weighted by atomic mass is 16.2. The Labute approximate surface area is 412 Å². The first-order chi connectivity index (χ1) is 34.0. The second-order valence-corrected chi connectivity index (χ2v) is 18.6. The second-order valence-electron chi connectivity index (χ2n) is 18.6. The van der Waals surface area contributed by atoms with Gasteiger partial charge < -0.3 is 59.7 Å². The van der Waals surface area contributed by atoms with Gasteiger partial charge >= 0.3 is 0 Å². The summed E-state index contributed by atoms with van der Waals surface area (Å²) in [7, 11) is 0. The Morgan fingerprint density at radius 1 is 0.577 bits per heavy atom. The number of hydrogen-bond acceptors (Lipinski definition) is 9. The molecule has 378 valence electrons. The van der Waals surface area contributed by atoms with Gasteiger partial charge in [-0.3, -0.25) is 43.5 Å². The molecule has 0 spiro atoms. The number of amides is 7. The number of benzene rings is 4. The lowest BCUT2D eigenvalue weighted by molar-refractivity contribution is -0.142. The first-order valence-corrected chi connectivity index (χ1v) is 24.2. The molecule has 0 aromatic heterocycles. The molecular formula is C51H67N13O7. The van der Waals surface area contributed by atoms with Crippen LogP contribution in [0.2, 0.25) is 0 Å². The summed E-state index contributed by atoms with van der Waals surface area (Å²) < 4.78 is 0. The van der Waals surface area contributed by atoms with E-state index in [0.717, 1.165) is 27.1 Å². The Hall–Kier alpha value is -7.77. The minimum atomic E-state index is -1.24. The molecule has 0 saturated carbocycles. The van der Waals surface area contributed by atoms with Gasteiger partial charge in [0.25, 0.3) is 0 Å². The molecule has 2 aliphatic rings. The number of hydrogen-bond donors (Lipinski definition) is 10. The first kappa shape index (κ1) is 52.6. The zero-order chi connectivity index (χ0) is 51.0. The van der Waals surface area contributed by atoms with Crippen LogP contribution >= 0.6 is 0 Å². The number of nitrogens with zero attached hydrogens (tertiary/aromatic N) is 3. The van der Waals surface area contributed by atoms with Crippen molar-refractivity contribution in [3.05, 3.63) is 96.1 Å². The molecule has 20 heteroatoms. The number of guanidine groups is 2. The largest absolute Gasteiger partial charge is 0.370 e. The van der Waals surface area contributed by atoms with Crippen molar-refractivity contribution in [3.8, 4) is 0 Å². The molecule has 4 aromatic rings.